The van der Waals surface area contributed by atoms with Crippen molar-refractivity contribution in [2.75, 3.05) is 19.6 Å². The first-order chi connectivity index (χ1) is 12.7. The number of amides is 1. The number of nitrogens with one attached hydrogen (secondary N) is 2. The van der Waals surface area contributed by atoms with Gasteiger partial charge in [0, 0.05) is 32.1 Å². The second kappa shape index (κ2) is 8.07. The van der Waals surface area contributed by atoms with Crippen molar-refractivity contribution in [3.63, 3.8) is 0 Å². The smallest absolute Gasteiger partial charge is 0.221 e. The maximum absolute atomic E-state index is 12.6. The third kappa shape index (κ3) is 4.11. The maximum Gasteiger partial charge on any atom is 0.221 e. The molecule has 1 aromatic carbocycles. The summed E-state index contributed by atoms with van der Waals surface area (Å²) in [5.41, 5.74) is 2.79. The van der Waals surface area contributed by atoms with Gasteiger partial charge in [-0.05, 0) is 61.7 Å². The topological polar surface area (TPSA) is 64.6 Å². The summed E-state index contributed by atoms with van der Waals surface area (Å²) < 4.78 is 0. The lowest BCUT2D eigenvalue weighted by atomic mass is 9.71. The van der Waals surface area contributed by atoms with Crippen LogP contribution in [0.15, 0.2) is 24.3 Å². The van der Waals surface area contributed by atoms with E-state index in [4.69, 9.17) is 0 Å². The van der Waals surface area contributed by atoms with Crippen LogP contribution in [0, 0.1) is 11.8 Å². The first kappa shape index (κ1) is 18.0. The first-order valence-electron chi connectivity index (χ1n) is 10.2. The molecule has 3 N–H and O–H groups in total. The van der Waals surface area contributed by atoms with Crippen LogP contribution >= 0.6 is 0 Å². The van der Waals surface area contributed by atoms with E-state index in [1.807, 2.05) is 0 Å². The molecule has 0 radical (unpaired) electrons. The molecule has 0 bridgehead atoms. The second-order valence-corrected chi connectivity index (χ2v) is 8.30. The van der Waals surface area contributed by atoms with Gasteiger partial charge in [-0.15, -0.1) is 0 Å². The molecule has 0 unspecified atom stereocenters. The molecule has 0 aromatic heterocycles. The van der Waals surface area contributed by atoms with Crippen molar-refractivity contribution >= 4 is 5.91 Å². The van der Waals surface area contributed by atoms with Crippen LogP contribution in [0.3, 0.4) is 0 Å². The molecule has 2 aliphatic heterocycles. The normalized spacial score (nSPS) is 27.6. The van der Waals surface area contributed by atoms with Crippen LogP contribution in [0.5, 0.6) is 0 Å². The molecular weight excluding hydrogens is 326 g/mol. The minimum Gasteiger partial charge on any atom is -0.393 e. The number of rotatable bonds is 6. The number of fused-ring (bicyclic) bond motifs is 1. The summed E-state index contributed by atoms with van der Waals surface area (Å²) >= 11 is 0. The van der Waals surface area contributed by atoms with Gasteiger partial charge in [-0.3, -0.25) is 9.69 Å². The van der Waals surface area contributed by atoms with Gasteiger partial charge in [-0.2, -0.15) is 0 Å². The molecule has 1 aromatic rings. The van der Waals surface area contributed by atoms with Crippen molar-refractivity contribution in [2.24, 2.45) is 11.8 Å². The van der Waals surface area contributed by atoms with Crippen LogP contribution in [0.2, 0.25) is 0 Å². The Morgan fingerprint density at radius 1 is 1.15 bits per heavy atom. The number of aliphatic hydroxyl groups is 1. The molecule has 3 aliphatic rings. The summed E-state index contributed by atoms with van der Waals surface area (Å²) in [6.45, 7) is 4.80. The van der Waals surface area contributed by atoms with Gasteiger partial charge in [-0.1, -0.05) is 24.3 Å². The number of hydrogen-bond acceptors (Lipinski definition) is 4. The number of hydrogen-bond donors (Lipinski definition) is 3. The second-order valence-electron chi connectivity index (χ2n) is 8.30. The van der Waals surface area contributed by atoms with E-state index < -0.39 is 0 Å². The molecule has 4 rings (SSSR count). The Labute approximate surface area is 156 Å². The molecule has 26 heavy (non-hydrogen) atoms. The Morgan fingerprint density at radius 2 is 1.81 bits per heavy atom. The molecule has 0 spiro atoms. The van der Waals surface area contributed by atoms with Crippen molar-refractivity contribution in [3.8, 4) is 0 Å². The Bertz CT molecular complexity index is 598. The average molecular weight is 357 g/mol. The summed E-state index contributed by atoms with van der Waals surface area (Å²) in [5.74, 6) is 1.17. The number of carbonyl (C=O) groups excluding carboxylic acids is 1. The van der Waals surface area contributed by atoms with E-state index in [-0.39, 0.29) is 18.1 Å². The van der Waals surface area contributed by atoms with Gasteiger partial charge < -0.3 is 15.7 Å². The fourth-order valence-corrected chi connectivity index (χ4v) is 4.83. The van der Waals surface area contributed by atoms with Crippen LogP contribution < -0.4 is 10.6 Å². The van der Waals surface area contributed by atoms with Crippen LogP contribution in [-0.2, 0) is 17.9 Å². The summed E-state index contributed by atoms with van der Waals surface area (Å²) in [5, 5.41) is 16.5. The van der Waals surface area contributed by atoms with Gasteiger partial charge in [-0.25, -0.2) is 0 Å². The number of carbonyl (C=O) groups is 1. The highest BCUT2D eigenvalue weighted by atomic mass is 16.3. The monoisotopic (exact) mass is 357 g/mol. The third-order valence-corrected chi connectivity index (χ3v) is 6.44. The highest BCUT2D eigenvalue weighted by molar-refractivity contribution is 5.76. The van der Waals surface area contributed by atoms with E-state index in [0.717, 1.165) is 58.4 Å². The summed E-state index contributed by atoms with van der Waals surface area (Å²) in [6, 6.07) is 8.79. The molecule has 2 fully saturated rings. The van der Waals surface area contributed by atoms with Gasteiger partial charge in [0.25, 0.3) is 0 Å². The predicted octanol–water partition coefficient (Wildman–Crippen LogP) is 1.65. The summed E-state index contributed by atoms with van der Waals surface area (Å²) in [7, 11) is 0. The summed E-state index contributed by atoms with van der Waals surface area (Å²) in [6.07, 6.45) is 4.33. The van der Waals surface area contributed by atoms with Crippen LogP contribution in [0.25, 0.3) is 0 Å². The van der Waals surface area contributed by atoms with Crippen LogP contribution in [0.4, 0.5) is 0 Å². The largest absolute Gasteiger partial charge is 0.393 e. The maximum atomic E-state index is 12.6. The molecule has 2 heterocycles. The molecule has 1 saturated heterocycles. The molecular formula is C21H31N3O2. The van der Waals surface area contributed by atoms with Crippen molar-refractivity contribution < 1.29 is 9.90 Å². The fourth-order valence-electron chi connectivity index (χ4n) is 4.83. The van der Waals surface area contributed by atoms with Gasteiger partial charge in [0.1, 0.15) is 0 Å². The van der Waals surface area contributed by atoms with Crippen molar-refractivity contribution in [1.82, 2.24) is 15.5 Å². The van der Waals surface area contributed by atoms with Gasteiger partial charge in [0.15, 0.2) is 0 Å². The number of aliphatic hydroxyl groups excluding tert-OH is 1. The molecule has 1 atom stereocenters. The van der Waals surface area contributed by atoms with Gasteiger partial charge in [0.2, 0.25) is 5.91 Å². The minimum absolute atomic E-state index is 0.163. The van der Waals surface area contributed by atoms with Gasteiger partial charge in [0.05, 0.1) is 6.10 Å². The van der Waals surface area contributed by atoms with Crippen molar-refractivity contribution in [1.29, 1.82) is 0 Å². The fraction of sp³-hybridized carbons (Fsp3) is 0.667. The zero-order valence-corrected chi connectivity index (χ0v) is 15.5. The number of benzene rings is 1. The minimum atomic E-state index is -0.163. The zero-order valence-electron chi connectivity index (χ0n) is 15.5. The van der Waals surface area contributed by atoms with Crippen molar-refractivity contribution in [3.05, 3.63) is 35.4 Å². The predicted molar refractivity (Wildman–Crippen MR) is 101 cm³/mol. The summed E-state index contributed by atoms with van der Waals surface area (Å²) in [4.78, 5) is 15.0. The molecule has 1 aliphatic carbocycles. The Morgan fingerprint density at radius 3 is 2.42 bits per heavy atom. The number of piperidine rings is 1. The number of nitrogens with zero attached hydrogens (tertiary/aromatic N) is 1. The zero-order chi connectivity index (χ0) is 17.9. The van der Waals surface area contributed by atoms with Crippen LogP contribution in [0.1, 0.15) is 43.2 Å². The van der Waals surface area contributed by atoms with Crippen molar-refractivity contribution in [2.45, 2.75) is 57.3 Å². The van der Waals surface area contributed by atoms with Gasteiger partial charge >= 0.3 is 0 Å². The van der Waals surface area contributed by atoms with E-state index in [9.17, 15) is 9.90 Å². The molecule has 1 amide bonds. The molecule has 1 saturated carbocycles. The highest BCUT2D eigenvalue weighted by Crippen LogP contribution is 2.35. The van der Waals surface area contributed by atoms with Crippen LogP contribution in [-0.4, -0.2) is 47.7 Å². The third-order valence-electron chi connectivity index (χ3n) is 6.44. The molecule has 5 nitrogen and oxygen atoms in total. The quantitative estimate of drug-likeness (QED) is 0.724. The lowest BCUT2D eigenvalue weighted by molar-refractivity contribution is -0.124. The molecule has 5 heteroatoms. The lowest BCUT2D eigenvalue weighted by Crippen LogP contribution is -2.53. The Kier molecular flexibility index (Phi) is 5.57. The SMILES string of the molecule is O=C(CCN1Cc2ccccc2C1)N[C@H](C1CCNCC1)C1CC(O)C1. The lowest BCUT2D eigenvalue weighted by Gasteiger charge is -2.43. The molecule has 142 valence electrons. The average Bonchev–Trinajstić information content (AvgIpc) is 3.06. The highest BCUT2D eigenvalue weighted by Gasteiger charge is 2.39. The standard InChI is InChI=1S/C21H31N3O2/c25-19-11-18(12-19)21(15-5-8-22-9-6-15)23-20(26)7-10-24-13-16-3-1-2-4-17(16)14-24/h1-4,15,18-19,21-22,25H,5-14H2,(H,23,26)/t18?,19?,21-/m1/s1. The van der Waals surface area contributed by atoms with E-state index in [1.165, 1.54) is 11.1 Å². The Hall–Kier alpha value is -1.43. The Balaban J connectivity index is 1.28. The van der Waals surface area contributed by atoms with E-state index in [2.05, 4.69) is 39.8 Å². The first-order valence-corrected chi connectivity index (χ1v) is 10.2. The van der Waals surface area contributed by atoms with E-state index in [1.54, 1.807) is 0 Å². The van der Waals surface area contributed by atoms with E-state index >= 15 is 0 Å². The van der Waals surface area contributed by atoms with E-state index in [0.29, 0.717) is 18.3 Å².